The van der Waals surface area contributed by atoms with E-state index in [1.54, 1.807) is 6.92 Å². The van der Waals surface area contributed by atoms with Crippen LogP contribution in [0.4, 0.5) is 0 Å². The minimum atomic E-state index is -3.57. The number of sulfonamides is 1. The van der Waals surface area contributed by atoms with E-state index in [1.807, 2.05) is 20.8 Å². The molecule has 0 radical (unpaired) electrons. The van der Waals surface area contributed by atoms with Gasteiger partial charge in [0.05, 0.1) is 11.9 Å². The first kappa shape index (κ1) is 16.1. The highest BCUT2D eigenvalue weighted by atomic mass is 32.2. The van der Waals surface area contributed by atoms with Crippen molar-refractivity contribution < 1.29 is 8.42 Å². The van der Waals surface area contributed by atoms with E-state index in [1.165, 1.54) is 10.5 Å². The van der Waals surface area contributed by atoms with Gasteiger partial charge in [-0.05, 0) is 19.8 Å². The molecule has 0 bridgehead atoms. The lowest BCUT2D eigenvalue weighted by molar-refractivity contribution is 0.184. The van der Waals surface area contributed by atoms with Gasteiger partial charge in [0.1, 0.15) is 4.90 Å². The zero-order valence-electron chi connectivity index (χ0n) is 12.1. The van der Waals surface area contributed by atoms with E-state index in [0.717, 1.165) is 0 Å². The van der Waals surface area contributed by atoms with Crippen LogP contribution in [0.3, 0.4) is 0 Å². The molecule has 0 atom stereocenters. The largest absolute Gasteiger partial charge is 0.329 e. The van der Waals surface area contributed by atoms with Gasteiger partial charge in [0, 0.05) is 18.6 Å². The van der Waals surface area contributed by atoms with Gasteiger partial charge in [0.2, 0.25) is 10.0 Å². The number of nitrogens with two attached hydrogens (primary N) is 1. The van der Waals surface area contributed by atoms with Crippen molar-refractivity contribution in [1.29, 1.82) is 0 Å². The number of aryl methyl sites for hydroxylation is 1. The third kappa shape index (κ3) is 2.68. The van der Waals surface area contributed by atoms with Crippen LogP contribution in [0.2, 0.25) is 0 Å². The fraction of sp³-hybridized carbons (Fsp3) is 0.750. The average Bonchev–Trinajstić information content (AvgIpc) is 2.83. The van der Waals surface area contributed by atoms with Crippen molar-refractivity contribution in [3.63, 3.8) is 0 Å². The Hall–Kier alpha value is -0.920. The van der Waals surface area contributed by atoms with Gasteiger partial charge in [0.15, 0.2) is 0 Å². The van der Waals surface area contributed by atoms with Crippen LogP contribution in [0.15, 0.2) is 11.1 Å². The van der Waals surface area contributed by atoms with Crippen LogP contribution in [0, 0.1) is 6.92 Å². The highest BCUT2D eigenvalue weighted by molar-refractivity contribution is 7.89. The fourth-order valence-corrected chi connectivity index (χ4v) is 4.51. The van der Waals surface area contributed by atoms with Gasteiger partial charge in [-0.3, -0.25) is 5.10 Å². The van der Waals surface area contributed by atoms with E-state index in [9.17, 15) is 8.42 Å². The number of hydrogen-bond donors (Lipinski definition) is 2. The molecule has 0 aliphatic heterocycles. The summed E-state index contributed by atoms with van der Waals surface area (Å²) in [5.74, 6) is 0. The third-order valence-corrected chi connectivity index (χ3v) is 6.06. The zero-order chi connectivity index (χ0) is 14.7. The molecule has 7 heteroatoms. The molecule has 0 spiro atoms. The molecule has 19 heavy (non-hydrogen) atoms. The van der Waals surface area contributed by atoms with Crippen LogP contribution in [-0.4, -0.2) is 41.5 Å². The molecule has 1 aromatic heterocycles. The normalized spacial score (nSPS) is 13.2. The van der Waals surface area contributed by atoms with Gasteiger partial charge in [0.25, 0.3) is 0 Å². The van der Waals surface area contributed by atoms with Crippen LogP contribution in [0.5, 0.6) is 0 Å². The number of nitrogens with one attached hydrogen (secondary N) is 1. The molecule has 110 valence electrons. The maximum atomic E-state index is 12.8. The monoisotopic (exact) mass is 288 g/mol. The van der Waals surface area contributed by atoms with E-state index < -0.39 is 15.6 Å². The molecule has 1 heterocycles. The molecule has 1 rings (SSSR count). The van der Waals surface area contributed by atoms with Crippen molar-refractivity contribution in [1.82, 2.24) is 14.5 Å². The molecule has 3 N–H and O–H groups in total. The van der Waals surface area contributed by atoms with Crippen molar-refractivity contribution >= 4 is 10.0 Å². The maximum absolute atomic E-state index is 12.8. The quantitative estimate of drug-likeness (QED) is 0.789. The Bertz CT molecular complexity index is 497. The van der Waals surface area contributed by atoms with Crippen molar-refractivity contribution in [3.8, 4) is 0 Å². The molecule has 0 aromatic carbocycles. The summed E-state index contributed by atoms with van der Waals surface area (Å²) in [6.45, 7) is 8.18. The standard InChI is InChI=1S/C12H24N4O2S/c1-5-12(6-2,9-13)16(7-3)19(17,18)11-8-14-15-10(11)4/h8H,5-7,9,13H2,1-4H3,(H,14,15). The summed E-state index contributed by atoms with van der Waals surface area (Å²) >= 11 is 0. The third-order valence-electron chi connectivity index (χ3n) is 3.86. The van der Waals surface area contributed by atoms with Gasteiger partial charge in [-0.2, -0.15) is 9.40 Å². The highest BCUT2D eigenvalue weighted by Crippen LogP contribution is 2.30. The molecule has 0 saturated heterocycles. The van der Waals surface area contributed by atoms with Gasteiger partial charge in [-0.15, -0.1) is 0 Å². The van der Waals surface area contributed by atoms with E-state index in [4.69, 9.17) is 5.73 Å². The summed E-state index contributed by atoms with van der Waals surface area (Å²) in [4.78, 5) is 0.231. The molecule has 6 nitrogen and oxygen atoms in total. The molecular weight excluding hydrogens is 264 g/mol. The number of likely N-dealkylation sites (N-methyl/N-ethyl adjacent to an activating group) is 1. The highest BCUT2D eigenvalue weighted by Gasteiger charge is 2.40. The number of nitrogens with zero attached hydrogens (tertiary/aromatic N) is 2. The van der Waals surface area contributed by atoms with Crippen molar-refractivity contribution in [2.45, 2.75) is 51.0 Å². The molecule has 0 unspecified atom stereocenters. The summed E-state index contributed by atoms with van der Waals surface area (Å²) in [7, 11) is -3.57. The van der Waals surface area contributed by atoms with Crippen molar-refractivity contribution in [2.75, 3.05) is 13.1 Å². The molecule has 0 aliphatic carbocycles. The first-order valence-corrected chi connectivity index (χ1v) is 8.06. The van der Waals surface area contributed by atoms with Crippen LogP contribution >= 0.6 is 0 Å². The van der Waals surface area contributed by atoms with E-state index in [0.29, 0.717) is 31.6 Å². The molecule has 0 amide bonds. The number of rotatable bonds is 7. The lowest BCUT2D eigenvalue weighted by atomic mass is 9.93. The Labute approximate surface area is 115 Å². The Morgan fingerprint density at radius 1 is 1.37 bits per heavy atom. The van der Waals surface area contributed by atoms with Crippen LogP contribution in [0.1, 0.15) is 39.3 Å². The van der Waals surface area contributed by atoms with Crippen LogP contribution in [0.25, 0.3) is 0 Å². The predicted molar refractivity (Wildman–Crippen MR) is 75.3 cm³/mol. The number of hydrogen-bond acceptors (Lipinski definition) is 4. The summed E-state index contributed by atoms with van der Waals surface area (Å²) in [6, 6.07) is 0. The Kier molecular flexibility index (Phi) is 5.11. The fourth-order valence-electron chi connectivity index (χ4n) is 2.47. The topological polar surface area (TPSA) is 92.1 Å². The lowest BCUT2D eigenvalue weighted by Crippen LogP contribution is -2.55. The number of H-pyrrole nitrogens is 1. The number of aromatic nitrogens is 2. The second-order valence-electron chi connectivity index (χ2n) is 4.66. The summed E-state index contributed by atoms with van der Waals surface area (Å²) < 4.78 is 27.1. The van der Waals surface area contributed by atoms with Gasteiger partial charge >= 0.3 is 0 Å². The van der Waals surface area contributed by atoms with Crippen LogP contribution in [-0.2, 0) is 10.0 Å². The number of aromatic amines is 1. The summed E-state index contributed by atoms with van der Waals surface area (Å²) in [5.41, 5.74) is 5.89. The molecular formula is C12H24N4O2S. The minimum Gasteiger partial charge on any atom is -0.329 e. The van der Waals surface area contributed by atoms with Gasteiger partial charge in [-0.25, -0.2) is 8.42 Å². The molecule has 0 aliphatic rings. The van der Waals surface area contributed by atoms with E-state index >= 15 is 0 Å². The van der Waals surface area contributed by atoms with E-state index in [2.05, 4.69) is 10.2 Å². The predicted octanol–water partition coefficient (Wildman–Crippen LogP) is 1.25. The second-order valence-corrected chi connectivity index (χ2v) is 6.50. The smallest absolute Gasteiger partial charge is 0.246 e. The minimum absolute atomic E-state index is 0.231. The lowest BCUT2D eigenvalue weighted by Gasteiger charge is -2.40. The molecule has 0 saturated carbocycles. The zero-order valence-corrected chi connectivity index (χ0v) is 12.9. The average molecular weight is 288 g/mol. The Morgan fingerprint density at radius 3 is 2.26 bits per heavy atom. The molecule has 0 fully saturated rings. The Morgan fingerprint density at radius 2 is 1.95 bits per heavy atom. The summed E-state index contributed by atoms with van der Waals surface area (Å²) in [5, 5.41) is 6.47. The van der Waals surface area contributed by atoms with Crippen molar-refractivity contribution in [2.24, 2.45) is 5.73 Å². The first-order valence-electron chi connectivity index (χ1n) is 6.62. The van der Waals surface area contributed by atoms with Crippen LogP contribution < -0.4 is 5.73 Å². The molecule has 1 aromatic rings. The summed E-state index contributed by atoms with van der Waals surface area (Å²) in [6.07, 6.45) is 2.73. The van der Waals surface area contributed by atoms with Gasteiger partial charge < -0.3 is 5.73 Å². The van der Waals surface area contributed by atoms with Crippen molar-refractivity contribution in [3.05, 3.63) is 11.9 Å². The van der Waals surface area contributed by atoms with Gasteiger partial charge in [-0.1, -0.05) is 20.8 Å². The Balaban J connectivity index is 3.34. The maximum Gasteiger partial charge on any atom is 0.246 e. The first-order chi connectivity index (χ1) is 8.89. The second kappa shape index (κ2) is 6.02. The van der Waals surface area contributed by atoms with E-state index in [-0.39, 0.29) is 4.90 Å². The SMILES string of the molecule is CCN(C(CC)(CC)CN)S(=O)(=O)c1cn[nH]c1C.